The van der Waals surface area contributed by atoms with Crippen LogP contribution in [0, 0.1) is 0 Å². The van der Waals surface area contributed by atoms with Crippen molar-refractivity contribution in [3.63, 3.8) is 0 Å². The molecule has 0 fully saturated rings. The maximum absolute atomic E-state index is 12.5. The standard InChI is InChI=1S/C14H19NO2/c1-4-14(2,17-3)13(16)15-10-9-11-7-5-6-8-12(11)15/h5-8H,4,9-10H2,1-3H3. The predicted octanol–water partition coefficient (Wildman–Crippen LogP) is 2.39. The molecule has 0 aromatic heterocycles. The Morgan fingerprint density at radius 2 is 2.18 bits per heavy atom. The molecule has 92 valence electrons. The molecule has 1 aliphatic heterocycles. The number of carbonyl (C=O) groups excluding carboxylic acids is 1. The molecule has 0 saturated carbocycles. The first-order valence-corrected chi connectivity index (χ1v) is 6.07. The average Bonchev–Trinajstić information content (AvgIpc) is 2.80. The van der Waals surface area contributed by atoms with Crippen molar-refractivity contribution in [1.29, 1.82) is 0 Å². The lowest BCUT2D eigenvalue weighted by Gasteiger charge is -2.30. The molecule has 1 heterocycles. The van der Waals surface area contributed by atoms with Crippen LogP contribution < -0.4 is 4.90 Å². The Balaban J connectivity index is 2.29. The van der Waals surface area contributed by atoms with Gasteiger partial charge >= 0.3 is 0 Å². The van der Waals surface area contributed by atoms with E-state index in [0.717, 1.165) is 18.7 Å². The normalized spacial score (nSPS) is 17.7. The highest BCUT2D eigenvalue weighted by Crippen LogP contribution is 2.31. The van der Waals surface area contributed by atoms with Gasteiger partial charge in [0, 0.05) is 19.3 Å². The highest BCUT2D eigenvalue weighted by atomic mass is 16.5. The number of rotatable bonds is 3. The molecule has 0 bridgehead atoms. The fourth-order valence-electron chi connectivity index (χ4n) is 2.22. The lowest BCUT2D eigenvalue weighted by molar-refractivity contribution is -0.138. The molecule has 2 rings (SSSR count). The second-order valence-electron chi connectivity index (χ2n) is 4.62. The fourth-order valence-corrected chi connectivity index (χ4v) is 2.22. The largest absolute Gasteiger partial charge is 0.369 e. The number of carbonyl (C=O) groups is 1. The fraction of sp³-hybridized carbons (Fsp3) is 0.500. The Morgan fingerprint density at radius 1 is 1.47 bits per heavy atom. The van der Waals surface area contributed by atoms with E-state index in [9.17, 15) is 4.79 Å². The maximum Gasteiger partial charge on any atom is 0.258 e. The highest BCUT2D eigenvalue weighted by Gasteiger charge is 2.37. The summed E-state index contributed by atoms with van der Waals surface area (Å²) < 4.78 is 5.38. The zero-order valence-electron chi connectivity index (χ0n) is 10.7. The zero-order valence-corrected chi connectivity index (χ0v) is 10.7. The van der Waals surface area contributed by atoms with Crippen molar-refractivity contribution in [3.05, 3.63) is 29.8 Å². The summed E-state index contributed by atoms with van der Waals surface area (Å²) in [6.07, 6.45) is 1.62. The van der Waals surface area contributed by atoms with Gasteiger partial charge in [0.15, 0.2) is 0 Å². The number of hydrogen-bond donors (Lipinski definition) is 0. The monoisotopic (exact) mass is 233 g/mol. The number of nitrogens with zero attached hydrogens (tertiary/aromatic N) is 1. The Bertz CT molecular complexity index is 424. The Hall–Kier alpha value is -1.35. The van der Waals surface area contributed by atoms with E-state index < -0.39 is 5.60 Å². The first kappa shape index (κ1) is 12.1. The van der Waals surface area contributed by atoms with Gasteiger partial charge in [-0.1, -0.05) is 25.1 Å². The summed E-state index contributed by atoms with van der Waals surface area (Å²) in [5, 5.41) is 0. The molecule has 1 aliphatic rings. The summed E-state index contributed by atoms with van der Waals surface area (Å²) in [5.41, 5.74) is 1.57. The van der Waals surface area contributed by atoms with Gasteiger partial charge in [0.1, 0.15) is 5.60 Å². The quantitative estimate of drug-likeness (QED) is 0.802. The second kappa shape index (κ2) is 4.49. The van der Waals surface area contributed by atoms with E-state index in [2.05, 4.69) is 6.07 Å². The summed E-state index contributed by atoms with van der Waals surface area (Å²) in [7, 11) is 1.60. The Morgan fingerprint density at radius 3 is 2.82 bits per heavy atom. The third kappa shape index (κ3) is 1.95. The van der Waals surface area contributed by atoms with Crippen LogP contribution in [0.25, 0.3) is 0 Å². The van der Waals surface area contributed by atoms with E-state index in [-0.39, 0.29) is 5.91 Å². The van der Waals surface area contributed by atoms with Gasteiger partial charge in [-0.25, -0.2) is 0 Å². The Labute approximate surface area is 102 Å². The summed E-state index contributed by atoms with van der Waals surface area (Å²) in [6.45, 7) is 4.59. The van der Waals surface area contributed by atoms with Crippen molar-refractivity contribution in [3.8, 4) is 0 Å². The van der Waals surface area contributed by atoms with Gasteiger partial charge in [0.05, 0.1) is 0 Å². The van der Waals surface area contributed by atoms with Crippen molar-refractivity contribution in [1.82, 2.24) is 0 Å². The van der Waals surface area contributed by atoms with Crippen LogP contribution in [0.4, 0.5) is 5.69 Å². The molecule has 0 N–H and O–H groups in total. The summed E-state index contributed by atoms with van der Waals surface area (Å²) in [4.78, 5) is 14.3. The van der Waals surface area contributed by atoms with Crippen molar-refractivity contribution in [2.75, 3.05) is 18.6 Å². The van der Waals surface area contributed by atoms with Gasteiger partial charge in [-0.15, -0.1) is 0 Å². The minimum atomic E-state index is -0.711. The molecule has 3 heteroatoms. The molecule has 1 aromatic rings. The number of fused-ring (bicyclic) bond motifs is 1. The highest BCUT2D eigenvalue weighted by molar-refractivity contribution is 6.00. The molecule has 17 heavy (non-hydrogen) atoms. The van der Waals surface area contributed by atoms with Crippen LogP contribution in [-0.2, 0) is 16.0 Å². The predicted molar refractivity (Wildman–Crippen MR) is 68.2 cm³/mol. The van der Waals surface area contributed by atoms with Gasteiger partial charge in [-0.3, -0.25) is 4.79 Å². The van der Waals surface area contributed by atoms with Crippen molar-refractivity contribution < 1.29 is 9.53 Å². The third-order valence-corrected chi connectivity index (χ3v) is 3.71. The van der Waals surface area contributed by atoms with Crippen LogP contribution in [0.5, 0.6) is 0 Å². The average molecular weight is 233 g/mol. The topological polar surface area (TPSA) is 29.5 Å². The van der Waals surface area contributed by atoms with Crippen molar-refractivity contribution in [2.45, 2.75) is 32.3 Å². The summed E-state index contributed by atoms with van der Waals surface area (Å²) >= 11 is 0. The van der Waals surface area contributed by atoms with E-state index >= 15 is 0 Å². The van der Waals surface area contributed by atoms with Crippen LogP contribution in [-0.4, -0.2) is 25.2 Å². The molecule has 1 aromatic carbocycles. The molecule has 0 spiro atoms. The molecule has 1 atom stereocenters. The molecule has 0 aliphatic carbocycles. The number of ether oxygens (including phenoxy) is 1. The zero-order chi connectivity index (χ0) is 12.5. The summed E-state index contributed by atoms with van der Waals surface area (Å²) in [6, 6.07) is 8.08. The van der Waals surface area contributed by atoms with E-state index in [0.29, 0.717) is 6.42 Å². The maximum atomic E-state index is 12.5. The first-order chi connectivity index (χ1) is 8.12. The van der Waals surface area contributed by atoms with Gasteiger partial charge in [-0.05, 0) is 31.4 Å². The van der Waals surface area contributed by atoms with E-state index in [4.69, 9.17) is 4.74 Å². The van der Waals surface area contributed by atoms with Crippen LogP contribution in [0.2, 0.25) is 0 Å². The number of amides is 1. The molecular weight excluding hydrogens is 214 g/mol. The van der Waals surface area contributed by atoms with Gasteiger partial charge in [0.2, 0.25) is 0 Å². The minimum Gasteiger partial charge on any atom is -0.369 e. The number of benzene rings is 1. The van der Waals surface area contributed by atoms with Gasteiger partial charge in [-0.2, -0.15) is 0 Å². The molecular formula is C14H19NO2. The lowest BCUT2D eigenvalue weighted by atomic mass is 10.0. The van der Waals surface area contributed by atoms with Crippen molar-refractivity contribution in [2.24, 2.45) is 0 Å². The van der Waals surface area contributed by atoms with Gasteiger partial charge < -0.3 is 9.64 Å². The van der Waals surface area contributed by atoms with Crippen molar-refractivity contribution >= 4 is 11.6 Å². The van der Waals surface area contributed by atoms with E-state index in [1.54, 1.807) is 7.11 Å². The minimum absolute atomic E-state index is 0.0625. The second-order valence-corrected chi connectivity index (χ2v) is 4.62. The third-order valence-electron chi connectivity index (χ3n) is 3.71. The Kier molecular flexibility index (Phi) is 3.20. The molecule has 3 nitrogen and oxygen atoms in total. The van der Waals surface area contributed by atoms with E-state index in [1.165, 1.54) is 5.56 Å². The van der Waals surface area contributed by atoms with Crippen LogP contribution in [0.15, 0.2) is 24.3 Å². The molecule has 0 saturated heterocycles. The summed E-state index contributed by atoms with van der Waals surface area (Å²) in [5.74, 6) is 0.0625. The number of methoxy groups -OCH3 is 1. The number of para-hydroxylation sites is 1. The van der Waals surface area contributed by atoms with Crippen LogP contribution >= 0.6 is 0 Å². The van der Waals surface area contributed by atoms with Gasteiger partial charge in [0.25, 0.3) is 5.91 Å². The van der Waals surface area contributed by atoms with E-state index in [1.807, 2.05) is 36.9 Å². The van der Waals surface area contributed by atoms with Crippen LogP contribution in [0.1, 0.15) is 25.8 Å². The molecule has 1 amide bonds. The smallest absolute Gasteiger partial charge is 0.258 e. The number of anilines is 1. The molecule has 0 radical (unpaired) electrons. The molecule has 1 unspecified atom stereocenters. The number of hydrogen-bond acceptors (Lipinski definition) is 2. The van der Waals surface area contributed by atoms with Crippen LogP contribution in [0.3, 0.4) is 0 Å². The lowest BCUT2D eigenvalue weighted by Crippen LogP contribution is -2.47. The SMILES string of the molecule is CCC(C)(OC)C(=O)N1CCc2ccccc21. The first-order valence-electron chi connectivity index (χ1n) is 6.07.